The Morgan fingerprint density at radius 3 is 2.44 bits per heavy atom. The number of hydrogen-bond donors (Lipinski definition) is 0. The Morgan fingerprint density at radius 1 is 1.22 bits per heavy atom. The van der Waals surface area contributed by atoms with Crippen LogP contribution in [0.3, 0.4) is 0 Å². The molecule has 0 saturated heterocycles. The Hall–Kier alpha value is -1.82. The van der Waals surface area contributed by atoms with Gasteiger partial charge in [0.25, 0.3) is 0 Å². The highest BCUT2D eigenvalue weighted by molar-refractivity contribution is 5.74. The van der Waals surface area contributed by atoms with Gasteiger partial charge in [-0.25, -0.2) is 0 Å². The molecular formula is C15H19NO2. The third-order valence-corrected chi connectivity index (χ3v) is 3.01. The predicted molar refractivity (Wildman–Crippen MR) is 70.3 cm³/mol. The second-order valence-corrected chi connectivity index (χ2v) is 4.03. The molecule has 0 saturated carbocycles. The van der Waals surface area contributed by atoms with Crippen LogP contribution in [0.15, 0.2) is 12.1 Å². The number of hydrogen-bond acceptors (Lipinski definition) is 3. The molecule has 1 rings (SSSR count). The first-order valence-corrected chi connectivity index (χ1v) is 6.37. The number of carbonyl (C=O) groups excluding carboxylic acids is 1. The third kappa shape index (κ3) is 3.10. The van der Waals surface area contributed by atoms with Gasteiger partial charge in [0.05, 0.1) is 24.7 Å². The Kier molecular flexibility index (Phi) is 5.38. The fourth-order valence-corrected chi connectivity index (χ4v) is 2.18. The zero-order valence-corrected chi connectivity index (χ0v) is 11.2. The number of esters is 1. The Morgan fingerprint density at radius 2 is 1.94 bits per heavy atom. The summed E-state index contributed by atoms with van der Waals surface area (Å²) in [5.41, 5.74) is 3.73. The molecule has 3 nitrogen and oxygen atoms in total. The van der Waals surface area contributed by atoms with Crippen LogP contribution in [0.1, 0.15) is 43.0 Å². The highest BCUT2D eigenvalue weighted by Gasteiger charge is 2.15. The van der Waals surface area contributed by atoms with E-state index < -0.39 is 0 Å². The highest BCUT2D eigenvalue weighted by Crippen LogP contribution is 2.21. The molecule has 0 N–H and O–H groups in total. The summed E-state index contributed by atoms with van der Waals surface area (Å²) in [5.74, 6) is -0.267. The molecule has 18 heavy (non-hydrogen) atoms. The quantitative estimate of drug-likeness (QED) is 0.749. The monoisotopic (exact) mass is 245 g/mol. The molecule has 0 aliphatic rings. The van der Waals surface area contributed by atoms with Crippen LogP contribution in [0.25, 0.3) is 0 Å². The van der Waals surface area contributed by atoms with Crippen molar-refractivity contribution in [1.29, 1.82) is 5.26 Å². The Bertz CT molecular complexity index is 472. The highest BCUT2D eigenvalue weighted by atomic mass is 16.5. The summed E-state index contributed by atoms with van der Waals surface area (Å²) in [6.45, 7) is 6.28. The first-order valence-electron chi connectivity index (χ1n) is 6.37. The number of ether oxygens (including phenoxy) is 1. The number of rotatable bonds is 5. The van der Waals surface area contributed by atoms with Crippen LogP contribution in [0.4, 0.5) is 0 Å². The zero-order chi connectivity index (χ0) is 13.5. The molecule has 0 heterocycles. The van der Waals surface area contributed by atoms with Crippen LogP contribution in [0.2, 0.25) is 0 Å². The van der Waals surface area contributed by atoms with Crippen molar-refractivity contribution in [3.05, 3.63) is 34.4 Å². The molecule has 0 aliphatic carbocycles. The van der Waals surface area contributed by atoms with Gasteiger partial charge in [-0.3, -0.25) is 4.79 Å². The van der Waals surface area contributed by atoms with Gasteiger partial charge < -0.3 is 4.74 Å². The van der Waals surface area contributed by atoms with E-state index in [0.717, 1.165) is 24.0 Å². The van der Waals surface area contributed by atoms with E-state index in [0.29, 0.717) is 12.2 Å². The summed E-state index contributed by atoms with van der Waals surface area (Å²) >= 11 is 0. The average Bonchev–Trinajstić information content (AvgIpc) is 2.38. The van der Waals surface area contributed by atoms with Crippen LogP contribution in [0.5, 0.6) is 0 Å². The summed E-state index contributed by atoms with van der Waals surface area (Å²) in [6.07, 6.45) is 1.92. The van der Waals surface area contributed by atoms with Gasteiger partial charge in [-0.05, 0) is 42.5 Å². The van der Waals surface area contributed by atoms with E-state index in [2.05, 4.69) is 13.0 Å². The molecule has 3 heteroatoms. The second kappa shape index (κ2) is 6.80. The Labute approximate surface area is 108 Å². The third-order valence-electron chi connectivity index (χ3n) is 3.01. The van der Waals surface area contributed by atoms with Crippen LogP contribution in [-0.2, 0) is 28.8 Å². The number of nitrogens with zero attached hydrogens (tertiary/aromatic N) is 1. The van der Waals surface area contributed by atoms with Crippen LogP contribution in [-0.4, -0.2) is 12.6 Å². The number of aryl methyl sites for hydroxylation is 1. The number of benzene rings is 1. The molecule has 1 aromatic rings. The van der Waals surface area contributed by atoms with Crippen LogP contribution < -0.4 is 0 Å². The van der Waals surface area contributed by atoms with Crippen molar-refractivity contribution in [1.82, 2.24) is 0 Å². The normalized spacial score (nSPS) is 9.89. The van der Waals surface area contributed by atoms with Gasteiger partial charge in [-0.15, -0.1) is 0 Å². The summed E-state index contributed by atoms with van der Waals surface area (Å²) < 4.78 is 4.97. The first-order chi connectivity index (χ1) is 8.67. The average molecular weight is 245 g/mol. The first kappa shape index (κ1) is 14.2. The van der Waals surface area contributed by atoms with E-state index in [1.54, 1.807) is 13.0 Å². The lowest BCUT2D eigenvalue weighted by atomic mass is 9.91. The summed E-state index contributed by atoms with van der Waals surface area (Å²) in [5, 5.41) is 9.14. The predicted octanol–water partition coefficient (Wildman–Crippen LogP) is 2.79. The maximum Gasteiger partial charge on any atom is 0.310 e. The van der Waals surface area contributed by atoms with Crippen molar-refractivity contribution < 1.29 is 9.53 Å². The van der Waals surface area contributed by atoms with E-state index in [1.165, 1.54) is 5.56 Å². The SMILES string of the molecule is CCOC(=O)Cc1c(C#N)ccc(CC)c1CC. The number of nitriles is 1. The lowest BCUT2D eigenvalue weighted by molar-refractivity contribution is -0.142. The molecule has 0 fully saturated rings. The van der Waals surface area contributed by atoms with E-state index in [9.17, 15) is 4.79 Å². The molecule has 0 atom stereocenters. The summed E-state index contributed by atoms with van der Waals surface area (Å²) in [4.78, 5) is 11.6. The van der Waals surface area contributed by atoms with Crippen LogP contribution in [0, 0.1) is 11.3 Å². The van der Waals surface area contributed by atoms with Crippen molar-refractivity contribution >= 4 is 5.97 Å². The van der Waals surface area contributed by atoms with Crippen LogP contribution >= 0.6 is 0 Å². The van der Waals surface area contributed by atoms with Crippen molar-refractivity contribution in [3.8, 4) is 6.07 Å². The lowest BCUT2D eigenvalue weighted by Crippen LogP contribution is -2.12. The lowest BCUT2D eigenvalue weighted by Gasteiger charge is -2.13. The molecule has 0 aliphatic heterocycles. The molecule has 1 aromatic carbocycles. The van der Waals surface area contributed by atoms with Crippen molar-refractivity contribution in [2.75, 3.05) is 6.61 Å². The zero-order valence-electron chi connectivity index (χ0n) is 11.2. The fraction of sp³-hybridized carbons (Fsp3) is 0.467. The minimum absolute atomic E-state index is 0.188. The van der Waals surface area contributed by atoms with E-state index in [-0.39, 0.29) is 12.4 Å². The van der Waals surface area contributed by atoms with Gasteiger partial charge in [0, 0.05) is 0 Å². The summed E-state index contributed by atoms with van der Waals surface area (Å²) in [7, 11) is 0. The fourth-order valence-electron chi connectivity index (χ4n) is 2.18. The number of carbonyl (C=O) groups is 1. The minimum atomic E-state index is -0.267. The molecule has 0 spiro atoms. The Balaban J connectivity index is 3.20. The van der Waals surface area contributed by atoms with Crippen molar-refractivity contribution in [3.63, 3.8) is 0 Å². The largest absolute Gasteiger partial charge is 0.466 e. The van der Waals surface area contributed by atoms with Gasteiger partial charge in [0.15, 0.2) is 0 Å². The molecule has 0 amide bonds. The molecule has 0 bridgehead atoms. The smallest absolute Gasteiger partial charge is 0.310 e. The molecule has 0 radical (unpaired) electrons. The van der Waals surface area contributed by atoms with Crippen molar-refractivity contribution in [2.24, 2.45) is 0 Å². The second-order valence-electron chi connectivity index (χ2n) is 4.03. The molecular weight excluding hydrogens is 226 g/mol. The molecule has 0 unspecified atom stereocenters. The molecule has 0 aromatic heterocycles. The van der Waals surface area contributed by atoms with Gasteiger partial charge in [-0.1, -0.05) is 19.9 Å². The van der Waals surface area contributed by atoms with E-state index in [1.807, 2.05) is 13.0 Å². The van der Waals surface area contributed by atoms with Gasteiger partial charge in [0.2, 0.25) is 0 Å². The maximum absolute atomic E-state index is 11.6. The van der Waals surface area contributed by atoms with E-state index >= 15 is 0 Å². The minimum Gasteiger partial charge on any atom is -0.466 e. The summed E-state index contributed by atoms with van der Waals surface area (Å²) in [6, 6.07) is 5.94. The van der Waals surface area contributed by atoms with E-state index in [4.69, 9.17) is 10.00 Å². The van der Waals surface area contributed by atoms with Gasteiger partial charge >= 0.3 is 5.97 Å². The van der Waals surface area contributed by atoms with Gasteiger partial charge in [-0.2, -0.15) is 5.26 Å². The molecule has 96 valence electrons. The maximum atomic E-state index is 11.6. The topological polar surface area (TPSA) is 50.1 Å². The standard InChI is InChI=1S/C15H19NO2/c1-4-11-7-8-12(10-16)14(13(11)5-2)9-15(17)18-6-3/h7-8H,4-6,9H2,1-3H3. The van der Waals surface area contributed by atoms with Crippen molar-refractivity contribution in [2.45, 2.75) is 40.0 Å². The van der Waals surface area contributed by atoms with Gasteiger partial charge in [0.1, 0.15) is 0 Å².